The Labute approximate surface area is 193 Å². The Kier molecular flexibility index (Phi) is 3.78. The van der Waals surface area contributed by atoms with Crippen LogP contribution in [0.5, 0.6) is 0 Å². The molecule has 10 N–H and O–H groups in total. The molecule has 1 aliphatic carbocycles. The highest BCUT2D eigenvalue weighted by Gasteiger charge is 2.79. The lowest BCUT2D eigenvalue weighted by molar-refractivity contribution is -0.0689. The maximum absolute atomic E-state index is 13.7. The summed E-state index contributed by atoms with van der Waals surface area (Å²) in [6.45, 7) is 0.476. The van der Waals surface area contributed by atoms with E-state index in [-0.39, 0.29) is 30.3 Å². The molecule has 5 heterocycles. The Hall–Kier alpha value is -1.87. The standard InChI is InChI=1S/C17H21Br2N9O3/c18-6-1-7-11(30)27-3-5-4(2-20)9(29)16(13(31)24-15(22)25-16)8(5)17(27)12(23-14(21)26-17)28(7)10(6)19/h1,4-5,8-9,12-13,29,31H,2-3,20H2,(H3,21,23,26)(H3,22,24,25). The van der Waals surface area contributed by atoms with Crippen LogP contribution in [0.25, 0.3) is 0 Å². The maximum Gasteiger partial charge on any atom is 0.272 e. The van der Waals surface area contributed by atoms with E-state index in [0.29, 0.717) is 21.3 Å². The molecule has 5 aliphatic rings. The second kappa shape index (κ2) is 5.92. The Morgan fingerprint density at radius 1 is 1.23 bits per heavy atom. The molecule has 1 aromatic heterocycles. The molecule has 1 amide bonds. The van der Waals surface area contributed by atoms with Gasteiger partial charge < -0.3 is 47.5 Å². The molecule has 0 aromatic carbocycles. The van der Waals surface area contributed by atoms with Crippen LogP contribution >= 0.6 is 31.9 Å². The van der Waals surface area contributed by atoms with Gasteiger partial charge in [0.05, 0.1) is 10.6 Å². The van der Waals surface area contributed by atoms with Crippen molar-refractivity contribution in [3.8, 4) is 0 Å². The summed E-state index contributed by atoms with van der Waals surface area (Å²) in [5.41, 5.74) is 16.1. The van der Waals surface area contributed by atoms with Crippen molar-refractivity contribution in [2.75, 3.05) is 13.1 Å². The number of nitrogens with zero attached hydrogens (tertiary/aromatic N) is 4. The van der Waals surface area contributed by atoms with Crippen LogP contribution in [0.1, 0.15) is 16.7 Å². The summed E-state index contributed by atoms with van der Waals surface area (Å²) in [7, 11) is 0. The minimum atomic E-state index is -1.35. The Balaban J connectivity index is 1.62. The second-order valence-corrected chi connectivity index (χ2v) is 10.3. The lowest BCUT2D eigenvalue weighted by Gasteiger charge is -2.51. The van der Waals surface area contributed by atoms with Gasteiger partial charge in [0.25, 0.3) is 5.91 Å². The van der Waals surface area contributed by atoms with Crippen molar-refractivity contribution >= 4 is 49.7 Å². The fraction of sp³-hybridized carbons (Fsp3) is 0.588. The number of aliphatic hydroxyl groups excluding tert-OH is 2. The van der Waals surface area contributed by atoms with E-state index in [9.17, 15) is 15.0 Å². The van der Waals surface area contributed by atoms with Crippen molar-refractivity contribution in [2.45, 2.75) is 29.7 Å². The van der Waals surface area contributed by atoms with Crippen LogP contribution in [0.4, 0.5) is 0 Å². The maximum atomic E-state index is 13.7. The molecule has 0 bridgehead atoms. The number of aliphatic imine (C=N–C) groups is 2. The van der Waals surface area contributed by atoms with Gasteiger partial charge in [-0.2, -0.15) is 0 Å². The number of carbonyl (C=O) groups is 1. The van der Waals surface area contributed by atoms with Gasteiger partial charge in [0, 0.05) is 18.4 Å². The van der Waals surface area contributed by atoms with E-state index < -0.39 is 41.5 Å². The van der Waals surface area contributed by atoms with Crippen LogP contribution in [-0.4, -0.2) is 74.1 Å². The average molecular weight is 559 g/mol. The first-order valence-corrected chi connectivity index (χ1v) is 11.4. The first kappa shape index (κ1) is 19.8. The van der Waals surface area contributed by atoms with Crippen LogP contribution in [0.2, 0.25) is 0 Å². The zero-order chi connectivity index (χ0) is 22.0. The van der Waals surface area contributed by atoms with Crippen molar-refractivity contribution < 1.29 is 15.0 Å². The second-order valence-electron chi connectivity index (χ2n) is 8.72. The molecule has 1 saturated heterocycles. The SMILES string of the molecule is NCC1C2CN3C(=O)c4cc(Br)c(Br)n4C4N=C(N)NC43C2C2(NC(N)=NC2O)C1O. The number of nitrogens with two attached hydrogens (primary N) is 3. The van der Waals surface area contributed by atoms with Gasteiger partial charge in [-0.3, -0.25) is 4.79 Å². The molecule has 31 heavy (non-hydrogen) atoms. The van der Waals surface area contributed by atoms with Gasteiger partial charge in [0.2, 0.25) is 0 Å². The molecule has 166 valence electrons. The normalized spacial score (nSPS) is 44.4. The summed E-state index contributed by atoms with van der Waals surface area (Å²) < 4.78 is 3.12. The highest BCUT2D eigenvalue weighted by atomic mass is 79.9. The zero-order valence-electron chi connectivity index (χ0n) is 16.0. The summed E-state index contributed by atoms with van der Waals surface area (Å²) in [5, 5.41) is 28.7. The van der Waals surface area contributed by atoms with Gasteiger partial charge >= 0.3 is 0 Å². The fourth-order valence-corrected chi connectivity index (χ4v) is 7.56. The van der Waals surface area contributed by atoms with E-state index in [1.807, 2.05) is 0 Å². The molecular weight excluding hydrogens is 538 g/mol. The van der Waals surface area contributed by atoms with E-state index in [0.717, 1.165) is 0 Å². The minimum absolute atomic E-state index is 0.0222. The smallest absolute Gasteiger partial charge is 0.272 e. The fourth-order valence-electron chi connectivity index (χ4n) is 6.66. The lowest BCUT2D eigenvalue weighted by atomic mass is 9.73. The van der Waals surface area contributed by atoms with Gasteiger partial charge in [-0.05, 0) is 50.4 Å². The quantitative estimate of drug-likeness (QED) is 0.201. The average Bonchev–Trinajstić information content (AvgIpc) is 3.43. The van der Waals surface area contributed by atoms with Crippen molar-refractivity contribution in [3.05, 3.63) is 20.8 Å². The Morgan fingerprint density at radius 3 is 2.58 bits per heavy atom. The van der Waals surface area contributed by atoms with E-state index >= 15 is 0 Å². The van der Waals surface area contributed by atoms with E-state index in [4.69, 9.17) is 17.2 Å². The topological polar surface area (TPSA) is 193 Å². The van der Waals surface area contributed by atoms with Crippen molar-refractivity contribution in [1.29, 1.82) is 0 Å². The number of carbonyl (C=O) groups excluding carboxylic acids is 1. The summed E-state index contributed by atoms with van der Waals surface area (Å²) in [6.07, 6.45) is -3.03. The molecule has 6 rings (SSSR count). The molecule has 2 spiro atoms. The largest absolute Gasteiger partial charge is 0.390 e. The molecule has 1 aromatic rings. The number of hydrogen-bond donors (Lipinski definition) is 7. The predicted molar refractivity (Wildman–Crippen MR) is 116 cm³/mol. The molecular formula is C17H21Br2N9O3. The molecule has 12 nitrogen and oxygen atoms in total. The number of aromatic nitrogens is 1. The number of fused-ring (bicyclic) bond motifs is 4. The van der Waals surface area contributed by atoms with Gasteiger partial charge in [0.15, 0.2) is 30.0 Å². The first-order valence-electron chi connectivity index (χ1n) is 9.85. The third-order valence-electron chi connectivity index (χ3n) is 7.63. The van der Waals surface area contributed by atoms with Crippen LogP contribution in [0, 0.1) is 17.8 Å². The molecule has 1 saturated carbocycles. The van der Waals surface area contributed by atoms with Gasteiger partial charge in [-0.15, -0.1) is 0 Å². The van der Waals surface area contributed by atoms with E-state index in [1.165, 1.54) is 0 Å². The van der Waals surface area contributed by atoms with Crippen molar-refractivity contribution in [2.24, 2.45) is 44.9 Å². The van der Waals surface area contributed by atoms with E-state index in [1.54, 1.807) is 15.5 Å². The number of nitrogens with one attached hydrogen (secondary N) is 2. The predicted octanol–water partition coefficient (Wildman–Crippen LogP) is -2.25. The molecule has 0 radical (unpaired) electrons. The van der Waals surface area contributed by atoms with Crippen LogP contribution < -0.4 is 27.8 Å². The molecule has 4 aliphatic heterocycles. The number of rotatable bonds is 1. The lowest BCUT2D eigenvalue weighted by Crippen LogP contribution is -2.74. The van der Waals surface area contributed by atoms with Crippen molar-refractivity contribution in [3.63, 3.8) is 0 Å². The van der Waals surface area contributed by atoms with E-state index in [2.05, 4.69) is 52.5 Å². The van der Waals surface area contributed by atoms with Crippen LogP contribution in [0.3, 0.4) is 0 Å². The summed E-state index contributed by atoms with van der Waals surface area (Å²) in [6, 6.07) is 1.74. The number of amides is 1. The summed E-state index contributed by atoms with van der Waals surface area (Å²) in [4.78, 5) is 24.1. The number of halogens is 2. The van der Waals surface area contributed by atoms with Gasteiger partial charge in [-0.1, -0.05) is 0 Å². The highest BCUT2D eigenvalue weighted by molar-refractivity contribution is 9.13. The Bertz CT molecular complexity index is 1090. The number of hydrogen-bond acceptors (Lipinski definition) is 10. The summed E-state index contributed by atoms with van der Waals surface area (Å²) >= 11 is 7.03. The molecule has 14 heteroatoms. The first-order chi connectivity index (χ1) is 14.7. The number of guanidine groups is 2. The Morgan fingerprint density at radius 2 is 1.94 bits per heavy atom. The third-order valence-corrected chi connectivity index (χ3v) is 9.58. The van der Waals surface area contributed by atoms with Gasteiger partial charge in [0.1, 0.15) is 15.8 Å². The van der Waals surface area contributed by atoms with Gasteiger partial charge in [-0.25, -0.2) is 9.98 Å². The van der Waals surface area contributed by atoms with Crippen molar-refractivity contribution in [1.82, 2.24) is 20.1 Å². The number of aliphatic hydroxyl groups is 2. The van der Waals surface area contributed by atoms with Crippen LogP contribution in [0.15, 0.2) is 25.1 Å². The molecule has 8 unspecified atom stereocenters. The minimum Gasteiger partial charge on any atom is -0.390 e. The summed E-state index contributed by atoms with van der Waals surface area (Å²) in [5.74, 6) is -1.24. The monoisotopic (exact) mass is 557 g/mol. The third kappa shape index (κ3) is 1.99. The molecule has 2 fully saturated rings. The van der Waals surface area contributed by atoms with Crippen LogP contribution in [-0.2, 0) is 0 Å². The highest BCUT2D eigenvalue weighted by Crippen LogP contribution is 2.62. The molecule has 8 atom stereocenters. The zero-order valence-corrected chi connectivity index (χ0v) is 19.2.